The first-order chi connectivity index (χ1) is 11.4. The quantitative estimate of drug-likeness (QED) is 0.901. The topological polar surface area (TPSA) is 58.6 Å². The van der Waals surface area contributed by atoms with E-state index in [1.54, 1.807) is 0 Å². The number of piperidine rings is 1. The molecular formula is C19H28N2O3. The summed E-state index contributed by atoms with van der Waals surface area (Å²) in [5.41, 5.74) is -0.356. The first-order valence-corrected chi connectivity index (χ1v) is 8.60. The second-order valence-corrected chi connectivity index (χ2v) is 7.39. The summed E-state index contributed by atoms with van der Waals surface area (Å²) in [6, 6.07) is 9.38. The molecule has 1 saturated heterocycles. The second kappa shape index (κ2) is 8.18. The van der Waals surface area contributed by atoms with Gasteiger partial charge in [0.15, 0.2) is 6.61 Å². The van der Waals surface area contributed by atoms with Crippen molar-refractivity contribution in [2.24, 2.45) is 11.3 Å². The van der Waals surface area contributed by atoms with E-state index in [1.807, 2.05) is 56.0 Å². The van der Waals surface area contributed by atoms with Gasteiger partial charge in [-0.2, -0.15) is 0 Å². The minimum Gasteiger partial charge on any atom is -0.484 e. The minimum absolute atomic E-state index is 0.0241. The lowest BCUT2D eigenvalue weighted by Gasteiger charge is -2.32. The monoisotopic (exact) mass is 332 g/mol. The number of amides is 2. The Morgan fingerprint density at radius 2 is 1.79 bits per heavy atom. The van der Waals surface area contributed by atoms with E-state index >= 15 is 0 Å². The lowest BCUT2D eigenvalue weighted by atomic mass is 9.93. The molecular weight excluding hydrogens is 304 g/mol. The zero-order valence-corrected chi connectivity index (χ0v) is 14.9. The van der Waals surface area contributed by atoms with Gasteiger partial charge in [-0.05, 0) is 30.9 Å². The molecule has 1 aromatic rings. The van der Waals surface area contributed by atoms with Gasteiger partial charge in [-0.15, -0.1) is 0 Å². The number of benzene rings is 1. The number of nitrogens with zero attached hydrogens (tertiary/aromatic N) is 1. The number of para-hydroxylation sites is 1. The number of ether oxygens (including phenoxy) is 1. The molecule has 1 fully saturated rings. The average Bonchev–Trinajstić information content (AvgIpc) is 2.58. The summed E-state index contributed by atoms with van der Waals surface area (Å²) < 4.78 is 5.52. The molecule has 2 amide bonds. The van der Waals surface area contributed by atoms with Crippen LogP contribution in [0.4, 0.5) is 0 Å². The van der Waals surface area contributed by atoms with Gasteiger partial charge in [-0.25, -0.2) is 0 Å². The maximum absolute atomic E-state index is 12.2. The molecule has 0 atom stereocenters. The summed E-state index contributed by atoms with van der Waals surface area (Å²) in [6.07, 6.45) is 1.84. The van der Waals surface area contributed by atoms with E-state index in [9.17, 15) is 9.59 Å². The summed E-state index contributed by atoms with van der Waals surface area (Å²) in [5, 5.41) is 3.02. The van der Waals surface area contributed by atoms with Crippen LogP contribution < -0.4 is 10.1 Å². The Kier molecular flexibility index (Phi) is 6.23. The third kappa shape index (κ3) is 5.55. The number of carbonyl (C=O) groups excluding carboxylic acids is 2. The average molecular weight is 332 g/mol. The van der Waals surface area contributed by atoms with Gasteiger partial charge in [0, 0.05) is 25.0 Å². The van der Waals surface area contributed by atoms with Gasteiger partial charge in [-0.1, -0.05) is 39.0 Å². The van der Waals surface area contributed by atoms with E-state index in [1.165, 1.54) is 0 Å². The molecule has 132 valence electrons. The summed E-state index contributed by atoms with van der Waals surface area (Å²) >= 11 is 0. The molecule has 1 aliphatic rings. The highest BCUT2D eigenvalue weighted by atomic mass is 16.5. The van der Waals surface area contributed by atoms with Crippen LogP contribution in [0.25, 0.3) is 0 Å². The van der Waals surface area contributed by atoms with E-state index in [2.05, 4.69) is 5.32 Å². The standard InChI is InChI=1S/C19H28N2O3/c1-19(2,3)18(23)20-13-15-9-11-21(12-10-15)17(22)14-24-16-7-5-4-6-8-16/h4-8,15H,9-14H2,1-3H3,(H,20,23). The smallest absolute Gasteiger partial charge is 0.260 e. The molecule has 5 heteroatoms. The molecule has 5 nitrogen and oxygen atoms in total. The van der Waals surface area contributed by atoms with E-state index in [-0.39, 0.29) is 23.8 Å². The first-order valence-electron chi connectivity index (χ1n) is 8.60. The van der Waals surface area contributed by atoms with Gasteiger partial charge in [0.1, 0.15) is 5.75 Å². The predicted molar refractivity (Wildman–Crippen MR) is 93.7 cm³/mol. The molecule has 0 saturated carbocycles. The molecule has 0 bridgehead atoms. The molecule has 0 unspecified atom stereocenters. The van der Waals surface area contributed by atoms with Crippen LogP contribution in [-0.2, 0) is 9.59 Å². The largest absolute Gasteiger partial charge is 0.484 e. The molecule has 2 rings (SSSR count). The van der Waals surface area contributed by atoms with Crippen molar-refractivity contribution in [1.29, 1.82) is 0 Å². The van der Waals surface area contributed by atoms with E-state index in [0.29, 0.717) is 18.2 Å². The van der Waals surface area contributed by atoms with Crippen LogP contribution in [-0.4, -0.2) is 43.0 Å². The van der Waals surface area contributed by atoms with Crippen molar-refractivity contribution >= 4 is 11.8 Å². The zero-order valence-electron chi connectivity index (χ0n) is 14.9. The van der Waals surface area contributed by atoms with Crippen LogP contribution in [0.15, 0.2) is 30.3 Å². The Balaban J connectivity index is 1.68. The third-order valence-corrected chi connectivity index (χ3v) is 4.31. The fourth-order valence-corrected chi connectivity index (χ4v) is 2.64. The maximum Gasteiger partial charge on any atom is 0.260 e. The van der Waals surface area contributed by atoms with Crippen LogP contribution in [0.3, 0.4) is 0 Å². The molecule has 1 aliphatic heterocycles. The Hall–Kier alpha value is -2.04. The third-order valence-electron chi connectivity index (χ3n) is 4.31. The molecule has 24 heavy (non-hydrogen) atoms. The summed E-state index contributed by atoms with van der Waals surface area (Å²) in [6.45, 7) is 7.97. The highest BCUT2D eigenvalue weighted by Crippen LogP contribution is 2.18. The van der Waals surface area contributed by atoms with Gasteiger partial charge < -0.3 is 15.0 Å². The normalized spacial score (nSPS) is 15.9. The minimum atomic E-state index is -0.356. The zero-order chi connectivity index (χ0) is 17.6. The second-order valence-electron chi connectivity index (χ2n) is 7.39. The van der Waals surface area contributed by atoms with Crippen molar-refractivity contribution < 1.29 is 14.3 Å². The molecule has 1 heterocycles. The van der Waals surface area contributed by atoms with Crippen molar-refractivity contribution in [1.82, 2.24) is 10.2 Å². The number of carbonyl (C=O) groups is 2. The Bertz CT molecular complexity index is 543. The number of likely N-dealkylation sites (tertiary alicyclic amines) is 1. The van der Waals surface area contributed by atoms with Crippen LogP contribution in [0.5, 0.6) is 5.75 Å². The first kappa shape index (κ1) is 18.3. The van der Waals surface area contributed by atoms with Crippen LogP contribution in [0.2, 0.25) is 0 Å². The highest BCUT2D eigenvalue weighted by Gasteiger charge is 2.25. The Labute approximate surface area is 144 Å². The van der Waals surface area contributed by atoms with Crippen LogP contribution >= 0.6 is 0 Å². The molecule has 0 spiro atoms. The van der Waals surface area contributed by atoms with Gasteiger partial charge in [-0.3, -0.25) is 9.59 Å². The van der Waals surface area contributed by atoms with Gasteiger partial charge >= 0.3 is 0 Å². The number of hydrogen-bond donors (Lipinski definition) is 1. The van der Waals surface area contributed by atoms with Crippen molar-refractivity contribution in [2.45, 2.75) is 33.6 Å². The lowest BCUT2D eigenvalue weighted by Crippen LogP contribution is -2.44. The molecule has 1 aromatic carbocycles. The lowest BCUT2D eigenvalue weighted by molar-refractivity contribution is -0.135. The van der Waals surface area contributed by atoms with Crippen molar-refractivity contribution in [3.8, 4) is 5.75 Å². The number of nitrogens with one attached hydrogen (secondary N) is 1. The van der Waals surface area contributed by atoms with E-state index < -0.39 is 0 Å². The molecule has 0 radical (unpaired) electrons. The summed E-state index contributed by atoms with van der Waals surface area (Å²) in [7, 11) is 0. The maximum atomic E-state index is 12.2. The van der Waals surface area contributed by atoms with Crippen LogP contribution in [0, 0.1) is 11.3 Å². The predicted octanol–water partition coefficient (Wildman–Crippen LogP) is 2.47. The van der Waals surface area contributed by atoms with Crippen molar-refractivity contribution in [2.75, 3.05) is 26.2 Å². The molecule has 0 aliphatic carbocycles. The van der Waals surface area contributed by atoms with Crippen molar-refractivity contribution in [3.63, 3.8) is 0 Å². The van der Waals surface area contributed by atoms with E-state index in [0.717, 1.165) is 25.9 Å². The number of hydrogen-bond acceptors (Lipinski definition) is 3. The summed E-state index contributed by atoms with van der Waals surface area (Å²) in [4.78, 5) is 26.0. The van der Waals surface area contributed by atoms with Gasteiger partial charge in [0.25, 0.3) is 5.91 Å². The number of rotatable bonds is 5. The van der Waals surface area contributed by atoms with Gasteiger partial charge in [0.05, 0.1) is 0 Å². The van der Waals surface area contributed by atoms with Gasteiger partial charge in [0.2, 0.25) is 5.91 Å². The Morgan fingerprint density at radius 3 is 2.38 bits per heavy atom. The molecule has 0 aromatic heterocycles. The van der Waals surface area contributed by atoms with E-state index in [4.69, 9.17) is 4.74 Å². The fraction of sp³-hybridized carbons (Fsp3) is 0.579. The Morgan fingerprint density at radius 1 is 1.17 bits per heavy atom. The highest BCUT2D eigenvalue weighted by molar-refractivity contribution is 5.81. The van der Waals surface area contributed by atoms with Crippen molar-refractivity contribution in [3.05, 3.63) is 30.3 Å². The SMILES string of the molecule is CC(C)(C)C(=O)NCC1CCN(C(=O)COc2ccccc2)CC1. The summed E-state index contributed by atoms with van der Waals surface area (Å²) in [5.74, 6) is 1.26. The fourth-order valence-electron chi connectivity index (χ4n) is 2.64. The molecule has 1 N–H and O–H groups in total. The van der Waals surface area contributed by atoms with Crippen LogP contribution in [0.1, 0.15) is 33.6 Å².